The van der Waals surface area contributed by atoms with Gasteiger partial charge in [0.25, 0.3) is 11.8 Å². The van der Waals surface area contributed by atoms with Gasteiger partial charge in [0.15, 0.2) is 11.5 Å². The minimum Gasteiger partial charge on any atom is -0.493 e. The molecule has 2 aromatic rings. The van der Waals surface area contributed by atoms with Crippen LogP contribution in [0.3, 0.4) is 0 Å². The Morgan fingerprint density at radius 3 is 2.30 bits per heavy atom. The predicted octanol–water partition coefficient (Wildman–Crippen LogP) is 2.83. The largest absolute Gasteiger partial charge is 0.493 e. The zero-order valence-electron chi connectivity index (χ0n) is 16.8. The highest BCUT2D eigenvalue weighted by atomic mass is 79.9. The van der Waals surface area contributed by atoms with E-state index in [1.807, 2.05) is 6.92 Å². The number of hydrazine groups is 1. The fourth-order valence-electron chi connectivity index (χ4n) is 2.39. The van der Waals surface area contributed by atoms with Crippen LogP contribution in [0, 0.1) is 0 Å². The van der Waals surface area contributed by atoms with E-state index in [1.54, 1.807) is 36.4 Å². The van der Waals surface area contributed by atoms with Gasteiger partial charge in [-0.1, -0.05) is 22.9 Å². The lowest BCUT2D eigenvalue weighted by atomic mass is 10.2. The number of benzene rings is 2. The summed E-state index contributed by atoms with van der Waals surface area (Å²) >= 11 is 3.30. The van der Waals surface area contributed by atoms with E-state index >= 15 is 0 Å². The minimum atomic E-state index is -0.498. The monoisotopic (exact) mass is 477 g/mol. The minimum absolute atomic E-state index is 0.00959. The van der Waals surface area contributed by atoms with Gasteiger partial charge in [-0.25, -0.2) is 0 Å². The first-order valence-corrected chi connectivity index (χ1v) is 10.2. The molecule has 0 aromatic heterocycles. The topological polar surface area (TPSA) is 106 Å². The van der Waals surface area contributed by atoms with E-state index in [0.29, 0.717) is 29.2 Å². The number of carbonyl (C=O) groups excluding carboxylic acids is 3. The molecule has 0 unspecified atom stereocenters. The zero-order valence-corrected chi connectivity index (χ0v) is 18.4. The maximum atomic E-state index is 12.2. The molecule has 0 spiro atoms. The molecule has 0 bridgehead atoms. The van der Waals surface area contributed by atoms with Gasteiger partial charge in [-0.3, -0.25) is 25.2 Å². The molecule has 0 aliphatic carbocycles. The van der Waals surface area contributed by atoms with Crippen LogP contribution in [0.5, 0.6) is 11.5 Å². The summed E-state index contributed by atoms with van der Waals surface area (Å²) in [7, 11) is 1.49. The molecule has 0 atom stereocenters. The van der Waals surface area contributed by atoms with Crippen molar-refractivity contribution < 1.29 is 23.9 Å². The Bertz CT molecular complexity index is 887. The molecule has 0 saturated carbocycles. The van der Waals surface area contributed by atoms with Crippen molar-refractivity contribution in [1.82, 2.24) is 16.2 Å². The van der Waals surface area contributed by atoms with Crippen LogP contribution in [0.15, 0.2) is 46.9 Å². The highest BCUT2D eigenvalue weighted by Crippen LogP contribution is 2.28. The molecule has 0 radical (unpaired) electrons. The van der Waals surface area contributed by atoms with Crippen LogP contribution in [0.2, 0.25) is 0 Å². The third kappa shape index (κ3) is 7.07. The van der Waals surface area contributed by atoms with Crippen molar-refractivity contribution in [3.63, 3.8) is 0 Å². The van der Waals surface area contributed by atoms with Crippen LogP contribution in [0.4, 0.5) is 0 Å². The van der Waals surface area contributed by atoms with Gasteiger partial charge < -0.3 is 14.8 Å². The Morgan fingerprint density at radius 1 is 0.933 bits per heavy atom. The highest BCUT2D eigenvalue weighted by molar-refractivity contribution is 9.10. The molecular weight excluding hydrogens is 454 g/mol. The maximum absolute atomic E-state index is 12.2. The number of amides is 3. The van der Waals surface area contributed by atoms with Crippen LogP contribution in [0.25, 0.3) is 0 Å². The Balaban J connectivity index is 1.78. The van der Waals surface area contributed by atoms with Gasteiger partial charge in [-0.2, -0.15) is 0 Å². The third-order valence-electron chi connectivity index (χ3n) is 3.95. The van der Waals surface area contributed by atoms with E-state index < -0.39 is 11.8 Å². The summed E-state index contributed by atoms with van der Waals surface area (Å²) < 4.78 is 11.7. The lowest BCUT2D eigenvalue weighted by Crippen LogP contribution is -2.42. The molecule has 0 heterocycles. The Labute approximate surface area is 183 Å². The normalized spacial score (nSPS) is 10.1. The number of hydrogen-bond acceptors (Lipinski definition) is 5. The molecule has 2 rings (SSSR count). The molecule has 0 saturated heterocycles. The Kier molecular flexibility index (Phi) is 9.14. The summed E-state index contributed by atoms with van der Waals surface area (Å²) in [5.74, 6) is -0.242. The van der Waals surface area contributed by atoms with E-state index in [0.717, 1.165) is 10.9 Å². The van der Waals surface area contributed by atoms with E-state index in [9.17, 15) is 14.4 Å². The second-order valence-electron chi connectivity index (χ2n) is 6.23. The Hall–Kier alpha value is -3.07. The van der Waals surface area contributed by atoms with Crippen molar-refractivity contribution in [2.24, 2.45) is 0 Å². The summed E-state index contributed by atoms with van der Waals surface area (Å²) in [6, 6.07) is 11.6. The van der Waals surface area contributed by atoms with E-state index in [4.69, 9.17) is 9.47 Å². The molecule has 3 amide bonds. The molecule has 160 valence electrons. The van der Waals surface area contributed by atoms with Crippen molar-refractivity contribution in [1.29, 1.82) is 0 Å². The van der Waals surface area contributed by atoms with Crippen molar-refractivity contribution in [2.45, 2.75) is 19.8 Å². The maximum Gasteiger partial charge on any atom is 0.269 e. The average Bonchev–Trinajstić information content (AvgIpc) is 2.76. The molecule has 2 aromatic carbocycles. The molecular formula is C21H24BrN3O5. The Morgan fingerprint density at radius 2 is 1.63 bits per heavy atom. The molecule has 0 aliphatic heterocycles. The number of methoxy groups -OCH3 is 1. The van der Waals surface area contributed by atoms with Crippen molar-refractivity contribution >= 4 is 33.7 Å². The SMILES string of the molecule is CCCOc1ccc(C(=O)NNC(=O)CCNC(=O)c2ccc(Br)cc2)cc1OC. The number of nitrogens with one attached hydrogen (secondary N) is 3. The number of rotatable bonds is 9. The molecule has 0 aliphatic rings. The first kappa shape index (κ1) is 23.2. The first-order valence-electron chi connectivity index (χ1n) is 9.38. The van der Waals surface area contributed by atoms with E-state index in [1.165, 1.54) is 13.2 Å². The average molecular weight is 478 g/mol. The van der Waals surface area contributed by atoms with Gasteiger partial charge in [-0.05, 0) is 48.9 Å². The van der Waals surface area contributed by atoms with Gasteiger partial charge in [0.1, 0.15) is 0 Å². The second-order valence-corrected chi connectivity index (χ2v) is 7.14. The van der Waals surface area contributed by atoms with Gasteiger partial charge >= 0.3 is 0 Å². The van der Waals surface area contributed by atoms with Gasteiger partial charge in [0.05, 0.1) is 13.7 Å². The van der Waals surface area contributed by atoms with E-state index in [-0.39, 0.29) is 18.9 Å². The van der Waals surface area contributed by atoms with Crippen LogP contribution in [-0.4, -0.2) is 38.0 Å². The molecule has 0 fully saturated rings. The standard InChI is InChI=1S/C21H24BrN3O5/c1-3-12-30-17-9-6-15(13-18(17)29-2)21(28)25-24-19(26)10-11-23-20(27)14-4-7-16(22)8-5-14/h4-9,13H,3,10-12H2,1-2H3,(H,23,27)(H,24,26)(H,25,28). The van der Waals surface area contributed by atoms with Crippen LogP contribution in [-0.2, 0) is 4.79 Å². The lowest BCUT2D eigenvalue weighted by molar-refractivity contribution is -0.121. The lowest BCUT2D eigenvalue weighted by Gasteiger charge is -2.12. The molecule has 3 N–H and O–H groups in total. The van der Waals surface area contributed by atoms with Crippen molar-refractivity contribution in [3.8, 4) is 11.5 Å². The number of hydrogen-bond donors (Lipinski definition) is 3. The fourth-order valence-corrected chi connectivity index (χ4v) is 2.66. The third-order valence-corrected chi connectivity index (χ3v) is 4.48. The summed E-state index contributed by atoms with van der Waals surface area (Å²) in [6.07, 6.45) is 0.858. The summed E-state index contributed by atoms with van der Waals surface area (Å²) in [5, 5.41) is 2.65. The smallest absolute Gasteiger partial charge is 0.269 e. The molecule has 8 nitrogen and oxygen atoms in total. The van der Waals surface area contributed by atoms with Crippen LogP contribution in [0.1, 0.15) is 40.5 Å². The van der Waals surface area contributed by atoms with Gasteiger partial charge in [-0.15, -0.1) is 0 Å². The van der Waals surface area contributed by atoms with Gasteiger partial charge in [0.2, 0.25) is 5.91 Å². The quantitative estimate of drug-likeness (QED) is 0.481. The number of ether oxygens (including phenoxy) is 2. The highest BCUT2D eigenvalue weighted by Gasteiger charge is 2.12. The first-order chi connectivity index (χ1) is 14.4. The van der Waals surface area contributed by atoms with Gasteiger partial charge in [0, 0.05) is 28.6 Å². The summed E-state index contributed by atoms with van der Waals surface area (Å²) in [6.45, 7) is 2.66. The molecule has 9 heteroatoms. The second kappa shape index (κ2) is 11.8. The fraction of sp³-hybridized carbons (Fsp3) is 0.286. The number of carbonyl (C=O) groups is 3. The number of halogens is 1. The summed E-state index contributed by atoms with van der Waals surface area (Å²) in [5.41, 5.74) is 5.45. The predicted molar refractivity (Wildman–Crippen MR) is 115 cm³/mol. The van der Waals surface area contributed by atoms with Crippen LogP contribution < -0.4 is 25.6 Å². The van der Waals surface area contributed by atoms with Crippen LogP contribution >= 0.6 is 15.9 Å². The zero-order chi connectivity index (χ0) is 21.9. The molecule has 30 heavy (non-hydrogen) atoms. The van der Waals surface area contributed by atoms with E-state index in [2.05, 4.69) is 32.1 Å². The van der Waals surface area contributed by atoms with Crippen molar-refractivity contribution in [2.75, 3.05) is 20.3 Å². The van der Waals surface area contributed by atoms with Crippen molar-refractivity contribution in [3.05, 3.63) is 58.1 Å². The summed E-state index contributed by atoms with van der Waals surface area (Å²) in [4.78, 5) is 36.1.